The second-order valence-electron chi connectivity index (χ2n) is 4.85. The van der Waals surface area contributed by atoms with E-state index in [0.29, 0.717) is 17.3 Å². The zero-order valence-corrected chi connectivity index (χ0v) is 13.3. The van der Waals surface area contributed by atoms with Gasteiger partial charge in [-0.05, 0) is 42.3 Å². The summed E-state index contributed by atoms with van der Waals surface area (Å²) in [6.07, 6.45) is 0. The number of nitrogens with one attached hydrogen (secondary N) is 1. The minimum atomic E-state index is -0.201. The molecule has 0 heterocycles. The van der Waals surface area contributed by atoms with Crippen LogP contribution in [-0.2, 0) is 11.3 Å². The number of halogens is 1. The summed E-state index contributed by atoms with van der Waals surface area (Å²) < 4.78 is 10.5. The van der Waals surface area contributed by atoms with Crippen LogP contribution in [-0.4, -0.2) is 19.6 Å². The van der Waals surface area contributed by atoms with Crippen molar-refractivity contribution in [3.8, 4) is 11.5 Å². The minimum absolute atomic E-state index is 0.0701. The molecule has 1 amide bonds. The molecular formula is C17H18ClNO3. The molecule has 0 radical (unpaired) electrons. The van der Waals surface area contributed by atoms with Crippen LogP contribution in [0.4, 0.5) is 0 Å². The molecule has 0 unspecified atom stereocenters. The maximum atomic E-state index is 11.8. The molecule has 0 atom stereocenters. The number of carbonyl (C=O) groups is 1. The van der Waals surface area contributed by atoms with E-state index >= 15 is 0 Å². The lowest BCUT2D eigenvalue weighted by atomic mass is 10.2. The summed E-state index contributed by atoms with van der Waals surface area (Å²) in [5, 5.41) is 3.29. The molecule has 2 aromatic carbocycles. The second-order valence-corrected chi connectivity index (χ2v) is 5.25. The molecular weight excluding hydrogens is 302 g/mol. The van der Waals surface area contributed by atoms with Gasteiger partial charge in [0.25, 0.3) is 5.91 Å². The summed E-state index contributed by atoms with van der Waals surface area (Å²) in [6, 6.07) is 12.9. The molecule has 0 aliphatic carbocycles. The van der Waals surface area contributed by atoms with Crippen LogP contribution in [0.2, 0.25) is 5.02 Å². The summed E-state index contributed by atoms with van der Waals surface area (Å²) in [4.78, 5) is 11.8. The number of ether oxygens (including phenoxy) is 2. The van der Waals surface area contributed by atoms with Gasteiger partial charge in [-0.25, -0.2) is 0 Å². The van der Waals surface area contributed by atoms with Crippen LogP contribution >= 0.6 is 11.6 Å². The van der Waals surface area contributed by atoms with E-state index in [1.54, 1.807) is 19.2 Å². The van der Waals surface area contributed by atoms with E-state index in [9.17, 15) is 4.79 Å². The van der Waals surface area contributed by atoms with Crippen molar-refractivity contribution in [2.24, 2.45) is 0 Å². The van der Waals surface area contributed by atoms with Crippen LogP contribution in [0.25, 0.3) is 0 Å². The van der Waals surface area contributed by atoms with Gasteiger partial charge in [0.1, 0.15) is 11.5 Å². The standard InChI is InChI=1S/C17H18ClNO3/c1-12-3-8-15(18)16(9-12)22-11-17(20)19-10-13-4-6-14(21-2)7-5-13/h3-9H,10-11H2,1-2H3,(H,19,20). The van der Waals surface area contributed by atoms with Gasteiger partial charge in [-0.15, -0.1) is 0 Å². The van der Waals surface area contributed by atoms with Gasteiger partial charge >= 0.3 is 0 Å². The zero-order valence-electron chi connectivity index (χ0n) is 12.6. The van der Waals surface area contributed by atoms with E-state index in [1.807, 2.05) is 37.3 Å². The molecule has 2 aromatic rings. The first-order chi connectivity index (χ1) is 10.6. The molecule has 0 spiro atoms. The Morgan fingerprint density at radius 3 is 2.59 bits per heavy atom. The fraction of sp³-hybridized carbons (Fsp3) is 0.235. The maximum absolute atomic E-state index is 11.8. The molecule has 4 nitrogen and oxygen atoms in total. The van der Waals surface area contributed by atoms with Gasteiger partial charge in [-0.3, -0.25) is 4.79 Å². The summed E-state index contributed by atoms with van der Waals surface area (Å²) in [5.41, 5.74) is 2.01. The lowest BCUT2D eigenvalue weighted by Gasteiger charge is -2.10. The second kappa shape index (κ2) is 7.71. The molecule has 0 fully saturated rings. The third-order valence-electron chi connectivity index (χ3n) is 3.09. The largest absolute Gasteiger partial charge is 0.497 e. The summed E-state index contributed by atoms with van der Waals surface area (Å²) in [6.45, 7) is 2.31. The van der Waals surface area contributed by atoms with Crippen molar-refractivity contribution in [2.45, 2.75) is 13.5 Å². The van der Waals surface area contributed by atoms with E-state index < -0.39 is 0 Å². The Morgan fingerprint density at radius 2 is 1.91 bits per heavy atom. The first-order valence-electron chi connectivity index (χ1n) is 6.87. The predicted molar refractivity (Wildman–Crippen MR) is 86.5 cm³/mol. The molecule has 0 saturated carbocycles. The number of amides is 1. The van der Waals surface area contributed by atoms with E-state index in [2.05, 4.69) is 5.32 Å². The molecule has 116 valence electrons. The Kier molecular flexibility index (Phi) is 5.67. The Labute approximate surface area is 135 Å². The third-order valence-corrected chi connectivity index (χ3v) is 3.41. The zero-order chi connectivity index (χ0) is 15.9. The fourth-order valence-corrected chi connectivity index (χ4v) is 2.03. The Morgan fingerprint density at radius 1 is 1.18 bits per heavy atom. The average Bonchev–Trinajstić information content (AvgIpc) is 2.54. The monoisotopic (exact) mass is 319 g/mol. The summed E-state index contributed by atoms with van der Waals surface area (Å²) in [5.74, 6) is 1.10. The smallest absolute Gasteiger partial charge is 0.258 e. The molecule has 2 rings (SSSR count). The molecule has 0 aliphatic heterocycles. The van der Waals surface area contributed by atoms with Gasteiger partial charge in [0, 0.05) is 6.54 Å². The highest BCUT2D eigenvalue weighted by Crippen LogP contribution is 2.25. The lowest BCUT2D eigenvalue weighted by molar-refractivity contribution is -0.123. The van der Waals surface area contributed by atoms with Crippen molar-refractivity contribution in [3.05, 3.63) is 58.6 Å². The van der Waals surface area contributed by atoms with Gasteiger partial charge in [0.15, 0.2) is 6.61 Å². The fourth-order valence-electron chi connectivity index (χ4n) is 1.86. The Balaban J connectivity index is 1.81. The molecule has 22 heavy (non-hydrogen) atoms. The Bertz CT molecular complexity index is 641. The predicted octanol–water partition coefficient (Wildman–Crippen LogP) is 3.35. The van der Waals surface area contributed by atoms with Crippen molar-refractivity contribution in [2.75, 3.05) is 13.7 Å². The van der Waals surface area contributed by atoms with E-state index in [-0.39, 0.29) is 12.5 Å². The molecule has 0 bridgehead atoms. The van der Waals surface area contributed by atoms with Gasteiger partial charge in [0.2, 0.25) is 0 Å². The Hall–Kier alpha value is -2.20. The topological polar surface area (TPSA) is 47.6 Å². The summed E-state index contributed by atoms with van der Waals surface area (Å²) in [7, 11) is 1.62. The SMILES string of the molecule is COc1ccc(CNC(=O)COc2cc(C)ccc2Cl)cc1. The van der Waals surface area contributed by atoms with E-state index in [1.165, 1.54) is 0 Å². The third kappa shape index (κ3) is 4.67. The number of benzene rings is 2. The molecule has 0 aromatic heterocycles. The van der Waals surface area contributed by atoms with Crippen LogP contribution in [0.15, 0.2) is 42.5 Å². The highest BCUT2D eigenvalue weighted by atomic mass is 35.5. The van der Waals surface area contributed by atoms with Gasteiger partial charge < -0.3 is 14.8 Å². The molecule has 1 N–H and O–H groups in total. The van der Waals surface area contributed by atoms with Gasteiger partial charge in [0.05, 0.1) is 12.1 Å². The van der Waals surface area contributed by atoms with Gasteiger partial charge in [-0.2, -0.15) is 0 Å². The molecule has 0 saturated heterocycles. The van der Waals surface area contributed by atoms with Crippen molar-refractivity contribution in [1.82, 2.24) is 5.32 Å². The van der Waals surface area contributed by atoms with Crippen LogP contribution in [0.3, 0.4) is 0 Å². The van der Waals surface area contributed by atoms with Crippen LogP contribution < -0.4 is 14.8 Å². The van der Waals surface area contributed by atoms with Crippen molar-refractivity contribution >= 4 is 17.5 Å². The van der Waals surface area contributed by atoms with Crippen molar-refractivity contribution in [1.29, 1.82) is 0 Å². The van der Waals surface area contributed by atoms with Crippen molar-refractivity contribution in [3.63, 3.8) is 0 Å². The van der Waals surface area contributed by atoms with Crippen LogP contribution in [0.5, 0.6) is 11.5 Å². The normalized spacial score (nSPS) is 10.1. The van der Waals surface area contributed by atoms with Crippen molar-refractivity contribution < 1.29 is 14.3 Å². The van der Waals surface area contributed by atoms with E-state index in [0.717, 1.165) is 16.9 Å². The van der Waals surface area contributed by atoms with Gasteiger partial charge in [-0.1, -0.05) is 29.8 Å². The highest BCUT2D eigenvalue weighted by molar-refractivity contribution is 6.32. The number of aryl methyl sites for hydroxylation is 1. The van der Waals surface area contributed by atoms with Crippen LogP contribution in [0.1, 0.15) is 11.1 Å². The first kappa shape index (κ1) is 16.2. The lowest BCUT2D eigenvalue weighted by Crippen LogP contribution is -2.28. The molecule has 0 aliphatic rings. The van der Waals surface area contributed by atoms with Crippen LogP contribution in [0, 0.1) is 6.92 Å². The number of rotatable bonds is 6. The minimum Gasteiger partial charge on any atom is -0.497 e. The van der Waals surface area contributed by atoms with E-state index in [4.69, 9.17) is 21.1 Å². The quantitative estimate of drug-likeness (QED) is 0.888. The summed E-state index contributed by atoms with van der Waals surface area (Å²) >= 11 is 6.01. The number of carbonyl (C=O) groups excluding carboxylic acids is 1. The number of methoxy groups -OCH3 is 1. The number of hydrogen-bond donors (Lipinski definition) is 1. The maximum Gasteiger partial charge on any atom is 0.258 e. The number of hydrogen-bond acceptors (Lipinski definition) is 3. The highest BCUT2D eigenvalue weighted by Gasteiger charge is 2.06. The first-order valence-corrected chi connectivity index (χ1v) is 7.25. The average molecular weight is 320 g/mol. The molecule has 5 heteroatoms.